The first-order chi connectivity index (χ1) is 9.58. The van der Waals surface area contributed by atoms with E-state index in [0.29, 0.717) is 5.56 Å². The molecule has 1 aliphatic heterocycles. The van der Waals surface area contributed by atoms with Gasteiger partial charge in [-0.2, -0.15) is 4.58 Å². The van der Waals surface area contributed by atoms with E-state index < -0.39 is 5.60 Å². The second kappa shape index (κ2) is 6.30. The number of hydrogen-bond acceptors (Lipinski definition) is 2. The van der Waals surface area contributed by atoms with E-state index in [4.69, 9.17) is 4.74 Å². The molecular formula is C18H26INO2. The average Bonchev–Trinajstić information content (AvgIpc) is 2.55. The molecule has 0 fully saturated rings. The van der Waals surface area contributed by atoms with Crippen LogP contribution in [0.15, 0.2) is 18.2 Å². The molecule has 0 bridgehead atoms. The fourth-order valence-corrected chi connectivity index (χ4v) is 2.86. The van der Waals surface area contributed by atoms with Crippen molar-refractivity contribution >= 4 is 17.4 Å². The molecule has 0 aromatic heterocycles. The zero-order valence-electron chi connectivity index (χ0n) is 14.6. The Morgan fingerprint density at radius 1 is 1.27 bits per heavy atom. The monoisotopic (exact) mass is 415 g/mol. The molecule has 0 radical (unpaired) electrons. The second-order valence-electron chi connectivity index (χ2n) is 7.19. The Morgan fingerprint density at radius 3 is 2.36 bits per heavy atom. The van der Waals surface area contributed by atoms with Gasteiger partial charge in [-0.3, -0.25) is 0 Å². The standard InChI is InChI=1S/C18H26NO2.HI/c1-8-19-12(2)18(6,7)14-11-13(9-10-15(14)19)16(20)21-17(3,4)5;/h9-11H,8H2,1-7H3;1H/q+1;/p-1. The van der Waals surface area contributed by atoms with Crippen LogP contribution in [0.1, 0.15) is 64.4 Å². The molecule has 122 valence electrons. The quantitative estimate of drug-likeness (QED) is 0.411. The molecule has 2 rings (SSSR count). The number of fused-ring (bicyclic) bond motifs is 1. The maximum atomic E-state index is 12.3. The first kappa shape index (κ1) is 19.1. The number of benzene rings is 1. The Morgan fingerprint density at radius 2 is 1.86 bits per heavy atom. The molecule has 0 atom stereocenters. The molecule has 0 aliphatic carbocycles. The number of esters is 1. The van der Waals surface area contributed by atoms with Crippen molar-refractivity contribution in [2.75, 3.05) is 6.54 Å². The Kier molecular flexibility index (Phi) is 5.48. The highest BCUT2D eigenvalue weighted by molar-refractivity contribution is 5.96. The summed E-state index contributed by atoms with van der Waals surface area (Å²) in [7, 11) is 0. The molecule has 1 heterocycles. The normalized spacial score (nSPS) is 16.1. The van der Waals surface area contributed by atoms with E-state index in [9.17, 15) is 4.79 Å². The summed E-state index contributed by atoms with van der Waals surface area (Å²) in [5, 5.41) is 0. The first-order valence-corrected chi connectivity index (χ1v) is 7.57. The molecule has 0 amide bonds. The van der Waals surface area contributed by atoms with E-state index in [1.165, 1.54) is 17.0 Å². The van der Waals surface area contributed by atoms with Gasteiger partial charge in [-0.25, -0.2) is 4.79 Å². The van der Waals surface area contributed by atoms with Gasteiger partial charge in [0.2, 0.25) is 5.69 Å². The first-order valence-electron chi connectivity index (χ1n) is 7.57. The fourth-order valence-electron chi connectivity index (χ4n) is 2.86. The van der Waals surface area contributed by atoms with Gasteiger partial charge in [0, 0.05) is 18.6 Å². The van der Waals surface area contributed by atoms with Crippen molar-refractivity contribution in [2.24, 2.45) is 0 Å². The van der Waals surface area contributed by atoms with Crippen molar-refractivity contribution in [2.45, 2.75) is 59.5 Å². The summed E-state index contributed by atoms with van der Waals surface area (Å²) in [6.07, 6.45) is 0. The third-order valence-corrected chi connectivity index (χ3v) is 4.22. The lowest BCUT2D eigenvalue weighted by atomic mass is 9.81. The van der Waals surface area contributed by atoms with Gasteiger partial charge in [0.25, 0.3) is 0 Å². The Balaban J connectivity index is 0.00000242. The number of halogens is 1. The van der Waals surface area contributed by atoms with Crippen LogP contribution in [0.4, 0.5) is 5.69 Å². The minimum absolute atomic E-state index is 0. The number of rotatable bonds is 2. The van der Waals surface area contributed by atoms with Crippen LogP contribution >= 0.6 is 0 Å². The Labute approximate surface area is 150 Å². The van der Waals surface area contributed by atoms with Crippen molar-refractivity contribution in [1.29, 1.82) is 0 Å². The summed E-state index contributed by atoms with van der Waals surface area (Å²) in [6, 6.07) is 5.89. The SMILES string of the molecule is CC[N+]1=C(C)C(C)(C)c2cc(C(=O)OC(C)(C)C)ccc21.[I-]. The lowest BCUT2D eigenvalue weighted by molar-refractivity contribution is -0.434. The topological polar surface area (TPSA) is 29.3 Å². The van der Waals surface area contributed by atoms with Crippen LogP contribution in [0.5, 0.6) is 0 Å². The summed E-state index contributed by atoms with van der Waals surface area (Å²) in [5.74, 6) is -0.256. The fraction of sp³-hybridized carbons (Fsp3) is 0.556. The van der Waals surface area contributed by atoms with Crippen molar-refractivity contribution in [1.82, 2.24) is 0 Å². The molecule has 0 unspecified atom stereocenters. The lowest BCUT2D eigenvalue weighted by Gasteiger charge is -2.20. The lowest BCUT2D eigenvalue weighted by Crippen LogP contribution is -3.00. The largest absolute Gasteiger partial charge is 1.00 e. The average molecular weight is 415 g/mol. The summed E-state index contributed by atoms with van der Waals surface area (Å²) < 4.78 is 7.79. The molecule has 0 N–H and O–H groups in total. The van der Waals surface area contributed by atoms with E-state index in [-0.39, 0.29) is 35.4 Å². The van der Waals surface area contributed by atoms with Crippen LogP contribution in [0, 0.1) is 0 Å². The van der Waals surface area contributed by atoms with E-state index in [0.717, 1.165) is 6.54 Å². The van der Waals surface area contributed by atoms with Crippen LogP contribution in [0.3, 0.4) is 0 Å². The van der Waals surface area contributed by atoms with Gasteiger partial charge in [0.05, 0.1) is 11.0 Å². The van der Waals surface area contributed by atoms with Crippen LogP contribution in [0.2, 0.25) is 0 Å². The number of hydrogen-bond donors (Lipinski definition) is 0. The van der Waals surface area contributed by atoms with Gasteiger partial charge < -0.3 is 28.7 Å². The predicted octanol–water partition coefficient (Wildman–Crippen LogP) is 1.06. The highest BCUT2D eigenvalue weighted by atomic mass is 127. The smallest absolute Gasteiger partial charge is 0.338 e. The van der Waals surface area contributed by atoms with Gasteiger partial charge in [0.15, 0.2) is 5.71 Å². The van der Waals surface area contributed by atoms with Crippen molar-refractivity contribution in [3.05, 3.63) is 29.3 Å². The van der Waals surface area contributed by atoms with Crippen LogP contribution in [-0.2, 0) is 10.2 Å². The zero-order valence-corrected chi connectivity index (χ0v) is 16.7. The molecule has 22 heavy (non-hydrogen) atoms. The molecule has 1 aromatic rings. The zero-order chi connectivity index (χ0) is 16.0. The van der Waals surface area contributed by atoms with Gasteiger partial charge in [-0.1, -0.05) is 0 Å². The predicted molar refractivity (Wildman–Crippen MR) is 85.8 cm³/mol. The van der Waals surface area contributed by atoms with Crippen LogP contribution in [0.25, 0.3) is 0 Å². The van der Waals surface area contributed by atoms with Gasteiger partial charge in [-0.15, -0.1) is 0 Å². The minimum Gasteiger partial charge on any atom is -1.00 e. The van der Waals surface area contributed by atoms with E-state index >= 15 is 0 Å². The van der Waals surface area contributed by atoms with Crippen molar-refractivity contribution in [3.8, 4) is 0 Å². The summed E-state index contributed by atoms with van der Waals surface area (Å²) in [5.41, 5.74) is 3.83. The molecule has 1 aromatic carbocycles. The van der Waals surface area contributed by atoms with Gasteiger partial charge >= 0.3 is 5.97 Å². The summed E-state index contributed by atoms with van der Waals surface area (Å²) >= 11 is 0. The highest BCUT2D eigenvalue weighted by Crippen LogP contribution is 2.40. The second-order valence-corrected chi connectivity index (χ2v) is 7.19. The molecule has 4 heteroatoms. The third-order valence-electron chi connectivity index (χ3n) is 4.22. The van der Waals surface area contributed by atoms with Gasteiger partial charge in [0.1, 0.15) is 12.1 Å². The Bertz CT molecular complexity index is 624. The molecule has 0 saturated heterocycles. The summed E-state index contributed by atoms with van der Waals surface area (Å²) in [4.78, 5) is 12.3. The van der Waals surface area contributed by atoms with E-state index in [1.807, 2.05) is 39.0 Å². The number of carbonyl (C=O) groups excluding carboxylic acids is 1. The molecule has 0 spiro atoms. The van der Waals surface area contributed by atoms with E-state index in [2.05, 4.69) is 32.3 Å². The number of carbonyl (C=O) groups is 1. The molecule has 1 aliphatic rings. The maximum absolute atomic E-state index is 12.3. The third kappa shape index (κ3) is 3.36. The van der Waals surface area contributed by atoms with Gasteiger partial charge in [-0.05, 0) is 53.7 Å². The molecular weight excluding hydrogens is 389 g/mol. The molecule has 3 nitrogen and oxygen atoms in total. The molecule has 0 saturated carbocycles. The van der Waals surface area contributed by atoms with Crippen molar-refractivity contribution < 1.29 is 38.1 Å². The number of nitrogens with zero attached hydrogens (tertiary/aromatic N) is 1. The van der Waals surface area contributed by atoms with Crippen molar-refractivity contribution in [3.63, 3.8) is 0 Å². The Hall–Kier alpha value is -0.910. The highest BCUT2D eigenvalue weighted by Gasteiger charge is 2.42. The maximum Gasteiger partial charge on any atom is 0.338 e. The van der Waals surface area contributed by atoms with Crippen LogP contribution in [-0.4, -0.2) is 28.4 Å². The number of ether oxygens (including phenoxy) is 1. The van der Waals surface area contributed by atoms with Crippen LogP contribution < -0.4 is 24.0 Å². The summed E-state index contributed by atoms with van der Waals surface area (Å²) in [6.45, 7) is 15.3. The van der Waals surface area contributed by atoms with E-state index in [1.54, 1.807) is 0 Å². The minimum atomic E-state index is -0.469.